The van der Waals surface area contributed by atoms with Gasteiger partial charge in [0.15, 0.2) is 0 Å². The molecule has 0 spiro atoms. The molecule has 0 aliphatic carbocycles. The van der Waals surface area contributed by atoms with Gasteiger partial charge in [-0.15, -0.1) is 6.58 Å². The molecule has 0 saturated heterocycles. The monoisotopic (exact) mass is 238 g/mol. The van der Waals surface area contributed by atoms with Gasteiger partial charge >= 0.3 is 0 Å². The van der Waals surface area contributed by atoms with Crippen LogP contribution >= 0.6 is 0 Å². The SMILES string of the molecule is C=C[C@@](C)(O)C/C=C/[C@@](C)(O)CCC=C(C)C. The Kier molecular flexibility index (Phi) is 6.43. The second-order valence-corrected chi connectivity index (χ2v) is 5.35. The largest absolute Gasteiger partial charge is 0.386 e. The van der Waals surface area contributed by atoms with E-state index in [1.807, 2.05) is 19.9 Å². The highest BCUT2D eigenvalue weighted by molar-refractivity contribution is 5.05. The number of hydrogen-bond donors (Lipinski definition) is 2. The maximum atomic E-state index is 10.1. The molecule has 0 unspecified atom stereocenters. The molecule has 2 atom stereocenters. The summed E-state index contributed by atoms with van der Waals surface area (Å²) in [4.78, 5) is 0. The second kappa shape index (κ2) is 6.77. The molecule has 0 rings (SSSR count). The number of rotatable bonds is 7. The van der Waals surface area contributed by atoms with E-state index in [0.717, 1.165) is 6.42 Å². The molecule has 0 aliphatic rings. The minimum Gasteiger partial charge on any atom is -0.386 e. The van der Waals surface area contributed by atoms with E-state index in [4.69, 9.17) is 0 Å². The third kappa shape index (κ3) is 8.90. The Morgan fingerprint density at radius 2 is 1.76 bits per heavy atom. The second-order valence-electron chi connectivity index (χ2n) is 5.35. The third-order valence-corrected chi connectivity index (χ3v) is 2.65. The summed E-state index contributed by atoms with van der Waals surface area (Å²) >= 11 is 0. The van der Waals surface area contributed by atoms with E-state index in [2.05, 4.69) is 12.7 Å². The smallest absolute Gasteiger partial charge is 0.0831 e. The van der Waals surface area contributed by atoms with Gasteiger partial charge < -0.3 is 10.2 Å². The van der Waals surface area contributed by atoms with Crippen molar-refractivity contribution in [2.45, 2.75) is 58.2 Å². The zero-order chi connectivity index (χ0) is 13.5. The van der Waals surface area contributed by atoms with Crippen LogP contribution in [0.25, 0.3) is 0 Å². The van der Waals surface area contributed by atoms with Gasteiger partial charge in [0.1, 0.15) is 0 Å². The number of aliphatic hydroxyl groups is 2. The molecule has 2 N–H and O–H groups in total. The van der Waals surface area contributed by atoms with E-state index < -0.39 is 11.2 Å². The van der Waals surface area contributed by atoms with Gasteiger partial charge in [-0.2, -0.15) is 0 Å². The van der Waals surface area contributed by atoms with Crippen molar-refractivity contribution in [3.05, 3.63) is 36.5 Å². The minimum atomic E-state index is -0.896. The van der Waals surface area contributed by atoms with Gasteiger partial charge in [-0.25, -0.2) is 0 Å². The Hall–Kier alpha value is -0.860. The van der Waals surface area contributed by atoms with E-state index in [1.54, 1.807) is 19.9 Å². The van der Waals surface area contributed by atoms with Crippen LogP contribution in [0.3, 0.4) is 0 Å². The van der Waals surface area contributed by atoms with Crippen LogP contribution in [0.4, 0.5) is 0 Å². The van der Waals surface area contributed by atoms with Crippen LogP contribution in [0.15, 0.2) is 36.5 Å². The normalized spacial score (nSPS) is 18.5. The maximum Gasteiger partial charge on any atom is 0.0831 e. The van der Waals surface area contributed by atoms with Crippen LogP contribution in [0.2, 0.25) is 0 Å². The third-order valence-electron chi connectivity index (χ3n) is 2.65. The molecule has 2 nitrogen and oxygen atoms in total. The summed E-state index contributed by atoms with van der Waals surface area (Å²) in [7, 11) is 0. The van der Waals surface area contributed by atoms with Gasteiger partial charge in [0.05, 0.1) is 11.2 Å². The zero-order valence-electron chi connectivity index (χ0n) is 11.5. The lowest BCUT2D eigenvalue weighted by molar-refractivity contribution is 0.0989. The molecule has 0 aromatic carbocycles. The fourth-order valence-corrected chi connectivity index (χ4v) is 1.37. The molecule has 0 radical (unpaired) electrons. The number of hydrogen-bond acceptors (Lipinski definition) is 2. The van der Waals surface area contributed by atoms with Crippen LogP contribution in [0, 0.1) is 0 Å². The molecule has 0 aromatic heterocycles. The molecule has 98 valence electrons. The first-order chi connectivity index (χ1) is 7.68. The number of allylic oxidation sites excluding steroid dienone is 2. The lowest BCUT2D eigenvalue weighted by atomic mass is 9.96. The van der Waals surface area contributed by atoms with Crippen molar-refractivity contribution in [1.82, 2.24) is 0 Å². The predicted octanol–water partition coefficient (Wildman–Crippen LogP) is 3.37. The molecule has 0 saturated carbocycles. The van der Waals surface area contributed by atoms with Crippen molar-refractivity contribution in [2.24, 2.45) is 0 Å². The summed E-state index contributed by atoms with van der Waals surface area (Å²) in [5.41, 5.74) is -0.449. The van der Waals surface area contributed by atoms with E-state index in [1.165, 1.54) is 11.6 Å². The molecule has 0 aliphatic heterocycles. The average molecular weight is 238 g/mol. The van der Waals surface area contributed by atoms with Crippen molar-refractivity contribution >= 4 is 0 Å². The average Bonchev–Trinajstić information content (AvgIpc) is 2.16. The molecular weight excluding hydrogens is 212 g/mol. The van der Waals surface area contributed by atoms with Gasteiger partial charge in [0.2, 0.25) is 0 Å². The van der Waals surface area contributed by atoms with Gasteiger partial charge in [0, 0.05) is 0 Å². The van der Waals surface area contributed by atoms with Gasteiger partial charge in [-0.3, -0.25) is 0 Å². The van der Waals surface area contributed by atoms with Crippen molar-refractivity contribution in [3.8, 4) is 0 Å². The van der Waals surface area contributed by atoms with Crippen molar-refractivity contribution < 1.29 is 10.2 Å². The van der Waals surface area contributed by atoms with Crippen LogP contribution in [-0.2, 0) is 0 Å². The molecule has 0 aromatic rings. The van der Waals surface area contributed by atoms with Crippen LogP contribution in [-0.4, -0.2) is 21.4 Å². The molecule has 0 amide bonds. The van der Waals surface area contributed by atoms with E-state index in [0.29, 0.717) is 12.8 Å². The first-order valence-corrected chi connectivity index (χ1v) is 6.08. The van der Waals surface area contributed by atoms with E-state index in [-0.39, 0.29) is 0 Å². The van der Waals surface area contributed by atoms with E-state index in [9.17, 15) is 10.2 Å². The first kappa shape index (κ1) is 16.1. The highest BCUT2D eigenvalue weighted by Crippen LogP contribution is 2.17. The Balaban J connectivity index is 4.20. The standard InChI is InChI=1S/C15H26O2/c1-6-14(4,16)11-8-12-15(5,17)10-7-9-13(2)3/h6,8-9,12,16-17H,1,7,10-11H2,2-5H3/b12-8+/t14-,15+/m1/s1. The Morgan fingerprint density at radius 3 is 2.24 bits per heavy atom. The Bertz CT molecular complexity index is 292. The van der Waals surface area contributed by atoms with Gasteiger partial charge in [0.25, 0.3) is 0 Å². The fourth-order valence-electron chi connectivity index (χ4n) is 1.37. The summed E-state index contributed by atoms with van der Waals surface area (Å²) in [5, 5.41) is 19.8. The highest BCUT2D eigenvalue weighted by atomic mass is 16.3. The Morgan fingerprint density at radius 1 is 1.18 bits per heavy atom. The summed E-state index contributed by atoms with van der Waals surface area (Å²) in [5.74, 6) is 0. The first-order valence-electron chi connectivity index (χ1n) is 6.08. The van der Waals surface area contributed by atoms with Crippen LogP contribution in [0.5, 0.6) is 0 Å². The lowest BCUT2D eigenvalue weighted by Gasteiger charge is -2.20. The quantitative estimate of drug-likeness (QED) is 0.668. The van der Waals surface area contributed by atoms with Crippen LogP contribution < -0.4 is 0 Å². The molecular formula is C15H26O2. The molecule has 2 heteroatoms. The van der Waals surface area contributed by atoms with Gasteiger partial charge in [-0.1, -0.05) is 29.9 Å². The lowest BCUT2D eigenvalue weighted by Crippen LogP contribution is -2.22. The molecule has 0 heterocycles. The van der Waals surface area contributed by atoms with Crippen molar-refractivity contribution in [2.75, 3.05) is 0 Å². The van der Waals surface area contributed by atoms with Crippen LogP contribution in [0.1, 0.15) is 47.0 Å². The predicted molar refractivity (Wildman–Crippen MR) is 73.9 cm³/mol. The van der Waals surface area contributed by atoms with Gasteiger partial charge in [-0.05, 0) is 47.0 Å². The summed E-state index contributed by atoms with van der Waals surface area (Å²) in [6.45, 7) is 11.1. The highest BCUT2D eigenvalue weighted by Gasteiger charge is 2.17. The zero-order valence-corrected chi connectivity index (χ0v) is 11.5. The molecule has 0 bridgehead atoms. The summed E-state index contributed by atoms with van der Waals surface area (Å²) < 4.78 is 0. The topological polar surface area (TPSA) is 40.5 Å². The Labute approximate surface area is 105 Å². The van der Waals surface area contributed by atoms with Crippen molar-refractivity contribution in [3.63, 3.8) is 0 Å². The minimum absolute atomic E-state index is 0.468. The summed E-state index contributed by atoms with van der Waals surface area (Å²) in [6.07, 6.45) is 9.20. The maximum absolute atomic E-state index is 10.1. The molecule has 0 fully saturated rings. The van der Waals surface area contributed by atoms with Crippen molar-refractivity contribution in [1.29, 1.82) is 0 Å². The van der Waals surface area contributed by atoms with E-state index >= 15 is 0 Å². The summed E-state index contributed by atoms with van der Waals surface area (Å²) in [6, 6.07) is 0. The molecule has 17 heavy (non-hydrogen) atoms. The fraction of sp³-hybridized carbons (Fsp3) is 0.600.